The molecule has 6 heteroatoms. The zero-order valence-electron chi connectivity index (χ0n) is 12.3. The maximum Gasteiger partial charge on any atom is 0.339 e. The summed E-state index contributed by atoms with van der Waals surface area (Å²) in [6, 6.07) is 9.13. The van der Waals surface area contributed by atoms with E-state index in [0.717, 1.165) is 16.9 Å². The second-order valence-corrected chi connectivity index (χ2v) is 5.09. The molecule has 1 N–H and O–H groups in total. The highest BCUT2D eigenvalue weighted by Gasteiger charge is 2.14. The highest BCUT2D eigenvalue weighted by Crippen LogP contribution is 2.20. The number of fused-ring (bicyclic) bond motifs is 1. The fraction of sp³-hybridized carbons (Fsp3) is 0.188. The summed E-state index contributed by atoms with van der Waals surface area (Å²) in [6.45, 7) is 4.19. The zero-order chi connectivity index (χ0) is 15.7. The molecule has 112 valence electrons. The number of hydrogen-bond donors (Lipinski definition) is 1. The normalized spacial score (nSPS) is 10.8. The first-order chi connectivity index (χ1) is 10.6. The molecule has 3 rings (SSSR count). The molecular weight excluding hydrogens is 282 g/mol. The zero-order valence-corrected chi connectivity index (χ0v) is 12.3. The summed E-state index contributed by atoms with van der Waals surface area (Å²) in [6.07, 6.45) is 1.73. The molecular formula is C16H15N3O3. The molecule has 0 saturated heterocycles. The molecule has 0 saturated carbocycles. The van der Waals surface area contributed by atoms with Crippen LogP contribution >= 0.6 is 0 Å². The van der Waals surface area contributed by atoms with Crippen molar-refractivity contribution in [3.63, 3.8) is 0 Å². The Balaban J connectivity index is 1.90. The topological polar surface area (TPSA) is 76.7 Å². The van der Waals surface area contributed by atoms with Crippen LogP contribution in [0.1, 0.15) is 27.3 Å². The van der Waals surface area contributed by atoms with E-state index in [1.54, 1.807) is 16.7 Å². The highest BCUT2D eigenvalue weighted by molar-refractivity contribution is 5.94. The van der Waals surface area contributed by atoms with Gasteiger partial charge in [0.1, 0.15) is 17.9 Å². The number of aromatic nitrogens is 3. The van der Waals surface area contributed by atoms with E-state index in [4.69, 9.17) is 9.84 Å². The smallest absolute Gasteiger partial charge is 0.339 e. The predicted molar refractivity (Wildman–Crippen MR) is 80.2 cm³/mol. The Labute approximate surface area is 127 Å². The number of carboxylic acids is 1. The summed E-state index contributed by atoms with van der Waals surface area (Å²) in [5.41, 5.74) is 2.58. The van der Waals surface area contributed by atoms with Crippen LogP contribution in [-0.4, -0.2) is 25.7 Å². The van der Waals surface area contributed by atoms with Crippen LogP contribution in [0.15, 0.2) is 36.5 Å². The van der Waals surface area contributed by atoms with Crippen molar-refractivity contribution in [3.8, 4) is 5.75 Å². The second-order valence-electron chi connectivity index (χ2n) is 5.09. The van der Waals surface area contributed by atoms with Gasteiger partial charge in [-0.05, 0) is 43.2 Å². The van der Waals surface area contributed by atoms with Gasteiger partial charge in [-0.2, -0.15) is 0 Å². The molecule has 0 radical (unpaired) electrons. The number of aryl methyl sites for hydroxylation is 2. The molecule has 6 nitrogen and oxygen atoms in total. The van der Waals surface area contributed by atoms with Crippen molar-refractivity contribution in [2.24, 2.45) is 0 Å². The monoisotopic (exact) mass is 297 g/mol. The lowest BCUT2D eigenvalue weighted by Gasteiger charge is -2.09. The molecule has 0 spiro atoms. The molecule has 3 aromatic rings. The maximum absolute atomic E-state index is 11.2. The van der Waals surface area contributed by atoms with E-state index in [9.17, 15) is 4.79 Å². The van der Waals surface area contributed by atoms with Crippen molar-refractivity contribution in [1.82, 2.24) is 14.6 Å². The van der Waals surface area contributed by atoms with Crippen LogP contribution in [0.3, 0.4) is 0 Å². The Morgan fingerprint density at radius 1 is 1.27 bits per heavy atom. The first kappa shape index (κ1) is 14.1. The number of nitrogens with zero attached hydrogens (tertiary/aromatic N) is 3. The van der Waals surface area contributed by atoms with Gasteiger partial charge in [-0.25, -0.2) is 4.79 Å². The molecule has 0 bridgehead atoms. The van der Waals surface area contributed by atoms with Crippen LogP contribution in [-0.2, 0) is 6.61 Å². The number of benzene rings is 1. The summed E-state index contributed by atoms with van der Waals surface area (Å²) in [5, 5.41) is 17.1. The first-order valence-electron chi connectivity index (χ1n) is 6.82. The van der Waals surface area contributed by atoms with E-state index in [-0.39, 0.29) is 12.2 Å². The Morgan fingerprint density at radius 3 is 2.86 bits per heavy atom. The van der Waals surface area contributed by atoms with Crippen LogP contribution in [0.4, 0.5) is 0 Å². The maximum atomic E-state index is 11.2. The highest BCUT2D eigenvalue weighted by atomic mass is 16.5. The summed E-state index contributed by atoms with van der Waals surface area (Å²) in [7, 11) is 0. The van der Waals surface area contributed by atoms with E-state index in [1.165, 1.54) is 6.07 Å². The molecule has 2 heterocycles. The van der Waals surface area contributed by atoms with Gasteiger partial charge in [0.05, 0.1) is 0 Å². The van der Waals surface area contributed by atoms with Gasteiger partial charge in [-0.1, -0.05) is 12.1 Å². The van der Waals surface area contributed by atoms with E-state index in [2.05, 4.69) is 10.2 Å². The van der Waals surface area contributed by atoms with Crippen molar-refractivity contribution in [1.29, 1.82) is 0 Å². The third-order valence-electron chi connectivity index (χ3n) is 3.44. The minimum absolute atomic E-state index is 0.119. The molecule has 0 atom stereocenters. The second kappa shape index (κ2) is 5.48. The minimum Gasteiger partial charge on any atom is -0.485 e. The predicted octanol–water partition coefficient (Wildman–Crippen LogP) is 2.62. The standard InChI is InChI=1S/C16H15N3O3/c1-10-5-6-11(2)13(8-10)22-9-14-17-18-15-12(16(20)21)4-3-7-19(14)15/h3-8H,9H2,1-2H3,(H,20,21). The van der Waals surface area contributed by atoms with Gasteiger partial charge in [0, 0.05) is 6.20 Å². The number of aromatic carboxylic acids is 1. The Hall–Kier alpha value is -2.89. The Morgan fingerprint density at radius 2 is 2.09 bits per heavy atom. The minimum atomic E-state index is -1.03. The van der Waals surface area contributed by atoms with Crippen LogP contribution in [0.5, 0.6) is 5.75 Å². The summed E-state index contributed by atoms with van der Waals surface area (Å²) < 4.78 is 7.43. The Kier molecular flexibility index (Phi) is 3.50. The van der Waals surface area contributed by atoms with E-state index >= 15 is 0 Å². The SMILES string of the molecule is Cc1ccc(C)c(OCc2nnc3c(C(=O)O)cccn23)c1. The van der Waals surface area contributed by atoms with Crippen LogP contribution in [0.25, 0.3) is 5.65 Å². The number of carbonyl (C=O) groups is 1. The molecule has 0 unspecified atom stereocenters. The lowest BCUT2D eigenvalue weighted by Crippen LogP contribution is -2.04. The molecule has 0 fully saturated rings. The van der Waals surface area contributed by atoms with Crippen LogP contribution in [0, 0.1) is 13.8 Å². The number of hydrogen-bond acceptors (Lipinski definition) is 4. The van der Waals surface area contributed by atoms with Gasteiger partial charge in [-0.15, -0.1) is 10.2 Å². The van der Waals surface area contributed by atoms with E-state index < -0.39 is 5.97 Å². The van der Waals surface area contributed by atoms with Crippen LogP contribution in [0.2, 0.25) is 0 Å². The van der Waals surface area contributed by atoms with E-state index in [0.29, 0.717) is 11.5 Å². The molecule has 0 aliphatic rings. The number of rotatable bonds is 4. The molecule has 2 aromatic heterocycles. The first-order valence-corrected chi connectivity index (χ1v) is 6.82. The van der Waals surface area contributed by atoms with Crippen molar-refractivity contribution >= 4 is 11.6 Å². The van der Waals surface area contributed by atoms with Gasteiger partial charge in [0.15, 0.2) is 11.5 Å². The summed E-state index contributed by atoms with van der Waals surface area (Å²) in [5.74, 6) is 0.310. The van der Waals surface area contributed by atoms with Crippen molar-refractivity contribution < 1.29 is 14.6 Å². The van der Waals surface area contributed by atoms with Crippen molar-refractivity contribution in [2.75, 3.05) is 0 Å². The lowest BCUT2D eigenvalue weighted by atomic mass is 10.1. The van der Waals surface area contributed by atoms with Gasteiger partial charge in [0.25, 0.3) is 0 Å². The van der Waals surface area contributed by atoms with Gasteiger partial charge in [0.2, 0.25) is 0 Å². The fourth-order valence-corrected chi connectivity index (χ4v) is 2.23. The summed E-state index contributed by atoms with van der Waals surface area (Å²) in [4.78, 5) is 11.2. The number of ether oxygens (including phenoxy) is 1. The Bertz CT molecular complexity index is 855. The van der Waals surface area contributed by atoms with Crippen LogP contribution < -0.4 is 4.74 Å². The van der Waals surface area contributed by atoms with Gasteiger partial charge in [-0.3, -0.25) is 4.40 Å². The molecule has 22 heavy (non-hydrogen) atoms. The average molecular weight is 297 g/mol. The molecule has 1 aromatic carbocycles. The number of pyridine rings is 1. The van der Waals surface area contributed by atoms with Crippen molar-refractivity contribution in [3.05, 3.63) is 59.0 Å². The average Bonchev–Trinajstić information content (AvgIpc) is 2.91. The molecule has 0 aliphatic carbocycles. The third-order valence-corrected chi connectivity index (χ3v) is 3.44. The van der Waals surface area contributed by atoms with Gasteiger partial charge >= 0.3 is 5.97 Å². The molecule has 0 amide bonds. The van der Waals surface area contributed by atoms with Gasteiger partial charge < -0.3 is 9.84 Å². The molecule has 0 aliphatic heterocycles. The summed E-state index contributed by atoms with van der Waals surface area (Å²) >= 11 is 0. The number of carboxylic acid groups (broad SMARTS) is 1. The van der Waals surface area contributed by atoms with Crippen molar-refractivity contribution in [2.45, 2.75) is 20.5 Å². The fourth-order valence-electron chi connectivity index (χ4n) is 2.23. The largest absolute Gasteiger partial charge is 0.485 e. The lowest BCUT2D eigenvalue weighted by molar-refractivity contribution is 0.0698. The van der Waals surface area contributed by atoms with E-state index in [1.807, 2.05) is 32.0 Å². The third kappa shape index (κ3) is 2.50. The quantitative estimate of drug-likeness (QED) is 0.801.